The number of hydrogen-bond donors (Lipinski definition) is 0. The normalized spacial score (nSPS) is 16.2. The van der Waals surface area contributed by atoms with Gasteiger partial charge < -0.3 is 9.31 Å². The summed E-state index contributed by atoms with van der Waals surface area (Å²) in [4.78, 5) is 0. The molecule has 1 heterocycles. The summed E-state index contributed by atoms with van der Waals surface area (Å²) >= 11 is 0. The van der Waals surface area contributed by atoms with Crippen molar-refractivity contribution in [2.24, 2.45) is 0 Å². The maximum absolute atomic E-state index is 6.47. The van der Waals surface area contributed by atoms with Gasteiger partial charge in [-0.2, -0.15) is 0 Å². The van der Waals surface area contributed by atoms with E-state index in [0.29, 0.717) is 0 Å². The SMILES string of the molecule is Cc1cccc(-c2cc3c4ccc(B5OC(C)(C)C(C)(C)O5)cc4c(-c4cccc(C)c4)cc3c3ccccc23)c1. The van der Waals surface area contributed by atoms with Crippen LogP contribution in [-0.4, -0.2) is 18.3 Å². The van der Waals surface area contributed by atoms with Gasteiger partial charge in [0.05, 0.1) is 11.2 Å². The van der Waals surface area contributed by atoms with Crippen molar-refractivity contribution in [1.29, 1.82) is 0 Å². The van der Waals surface area contributed by atoms with Crippen LogP contribution in [0.15, 0.2) is 103 Å². The highest BCUT2D eigenvalue weighted by molar-refractivity contribution is 6.62. The zero-order valence-corrected chi connectivity index (χ0v) is 24.7. The smallest absolute Gasteiger partial charge is 0.399 e. The molecule has 0 spiro atoms. The summed E-state index contributed by atoms with van der Waals surface area (Å²) in [6.45, 7) is 12.8. The van der Waals surface area contributed by atoms with E-state index >= 15 is 0 Å². The fourth-order valence-corrected chi connectivity index (χ4v) is 6.25. The van der Waals surface area contributed by atoms with Crippen LogP contribution in [0.5, 0.6) is 0 Å². The fraction of sp³-hybridized carbons (Fsp3) is 0.211. The minimum absolute atomic E-state index is 0.392. The third-order valence-electron chi connectivity index (χ3n) is 9.18. The first-order chi connectivity index (χ1) is 19.6. The van der Waals surface area contributed by atoms with Gasteiger partial charge >= 0.3 is 7.12 Å². The molecule has 0 aliphatic carbocycles. The molecule has 1 saturated heterocycles. The van der Waals surface area contributed by atoms with Gasteiger partial charge in [0.15, 0.2) is 0 Å². The van der Waals surface area contributed by atoms with Crippen molar-refractivity contribution in [2.75, 3.05) is 0 Å². The molecule has 41 heavy (non-hydrogen) atoms. The summed E-state index contributed by atoms with van der Waals surface area (Å²) in [6.07, 6.45) is 0. The Labute approximate surface area is 243 Å². The third-order valence-corrected chi connectivity index (χ3v) is 9.18. The van der Waals surface area contributed by atoms with Gasteiger partial charge in [-0.05, 0) is 114 Å². The molecule has 3 heteroatoms. The van der Waals surface area contributed by atoms with Crippen LogP contribution in [0.3, 0.4) is 0 Å². The lowest BCUT2D eigenvalue weighted by molar-refractivity contribution is 0.00578. The van der Waals surface area contributed by atoms with Gasteiger partial charge in [-0.1, -0.05) is 102 Å². The molecule has 0 saturated carbocycles. The minimum atomic E-state index is -0.412. The largest absolute Gasteiger partial charge is 0.494 e. The summed E-state index contributed by atoms with van der Waals surface area (Å²) in [6, 6.07) is 38.0. The Morgan fingerprint density at radius 2 is 0.976 bits per heavy atom. The molecule has 1 aliphatic heterocycles. The van der Waals surface area contributed by atoms with Crippen LogP contribution in [0.25, 0.3) is 54.6 Å². The van der Waals surface area contributed by atoms with Gasteiger partial charge in [-0.15, -0.1) is 0 Å². The maximum atomic E-state index is 6.47. The van der Waals surface area contributed by atoms with E-state index in [1.165, 1.54) is 65.7 Å². The third kappa shape index (κ3) is 4.27. The summed E-state index contributed by atoms with van der Waals surface area (Å²) in [5.74, 6) is 0. The Morgan fingerprint density at radius 1 is 0.463 bits per heavy atom. The summed E-state index contributed by atoms with van der Waals surface area (Å²) in [5.41, 5.74) is 7.72. The molecule has 0 amide bonds. The molecule has 0 atom stereocenters. The zero-order valence-electron chi connectivity index (χ0n) is 24.7. The summed E-state index contributed by atoms with van der Waals surface area (Å²) in [7, 11) is -0.412. The predicted octanol–water partition coefficient (Wildman–Crippen LogP) is 9.40. The predicted molar refractivity (Wildman–Crippen MR) is 175 cm³/mol. The molecule has 0 unspecified atom stereocenters. The molecule has 1 fully saturated rings. The lowest BCUT2D eigenvalue weighted by Crippen LogP contribution is -2.41. The highest BCUT2D eigenvalue weighted by Gasteiger charge is 2.51. The molecule has 7 rings (SSSR count). The van der Waals surface area contributed by atoms with Crippen LogP contribution in [0.4, 0.5) is 0 Å². The number of aryl methyl sites for hydroxylation is 2. The van der Waals surface area contributed by atoms with Crippen LogP contribution in [0, 0.1) is 13.8 Å². The van der Waals surface area contributed by atoms with Crippen molar-refractivity contribution in [2.45, 2.75) is 52.7 Å². The first-order valence-corrected chi connectivity index (χ1v) is 14.5. The van der Waals surface area contributed by atoms with Crippen LogP contribution in [0.2, 0.25) is 0 Å². The van der Waals surface area contributed by atoms with Gasteiger partial charge in [0, 0.05) is 0 Å². The van der Waals surface area contributed by atoms with Crippen LogP contribution in [-0.2, 0) is 9.31 Å². The molecule has 2 nitrogen and oxygen atoms in total. The second-order valence-electron chi connectivity index (χ2n) is 12.6. The molecule has 1 aliphatic rings. The molecule has 0 radical (unpaired) electrons. The standard InChI is InChI=1S/C38H35BO2/c1-24-11-9-13-26(19-24)32-22-36-31-18-17-28(39-40-37(3,4)38(5,6)41-39)21-34(31)33(27-14-10-12-25(2)20-27)23-35(36)30-16-8-7-15-29(30)32/h7-23H,1-6H3. The van der Waals surface area contributed by atoms with Crippen LogP contribution < -0.4 is 5.46 Å². The Bertz CT molecular complexity index is 1970. The van der Waals surface area contributed by atoms with E-state index in [4.69, 9.17) is 9.31 Å². The second-order valence-corrected chi connectivity index (χ2v) is 12.6. The Kier molecular flexibility index (Phi) is 5.90. The highest BCUT2D eigenvalue weighted by atomic mass is 16.7. The lowest BCUT2D eigenvalue weighted by Gasteiger charge is -2.32. The van der Waals surface area contributed by atoms with E-state index < -0.39 is 18.3 Å². The van der Waals surface area contributed by atoms with Gasteiger partial charge in [-0.3, -0.25) is 0 Å². The van der Waals surface area contributed by atoms with Gasteiger partial charge in [0.2, 0.25) is 0 Å². The number of fused-ring (bicyclic) bond motifs is 5. The lowest BCUT2D eigenvalue weighted by atomic mass is 9.77. The van der Waals surface area contributed by atoms with E-state index in [1.807, 2.05) is 0 Å². The van der Waals surface area contributed by atoms with Crippen LogP contribution in [0.1, 0.15) is 38.8 Å². The number of rotatable bonds is 3. The van der Waals surface area contributed by atoms with Crippen molar-refractivity contribution in [3.8, 4) is 22.3 Å². The summed E-state index contributed by atoms with van der Waals surface area (Å²) in [5, 5.41) is 7.51. The molecule has 6 aromatic carbocycles. The average molecular weight is 535 g/mol. The van der Waals surface area contributed by atoms with Crippen molar-refractivity contribution in [1.82, 2.24) is 0 Å². The fourth-order valence-electron chi connectivity index (χ4n) is 6.25. The molecule has 0 N–H and O–H groups in total. The summed E-state index contributed by atoms with van der Waals surface area (Å²) < 4.78 is 12.9. The molecule has 202 valence electrons. The van der Waals surface area contributed by atoms with E-state index in [-0.39, 0.29) is 0 Å². The van der Waals surface area contributed by atoms with Crippen molar-refractivity contribution < 1.29 is 9.31 Å². The van der Waals surface area contributed by atoms with Gasteiger partial charge in [0.1, 0.15) is 0 Å². The van der Waals surface area contributed by atoms with Gasteiger partial charge in [0.25, 0.3) is 0 Å². The van der Waals surface area contributed by atoms with E-state index in [9.17, 15) is 0 Å². The van der Waals surface area contributed by atoms with Crippen molar-refractivity contribution >= 4 is 44.9 Å². The van der Waals surface area contributed by atoms with Crippen molar-refractivity contribution in [3.05, 3.63) is 114 Å². The monoisotopic (exact) mass is 534 g/mol. The van der Waals surface area contributed by atoms with E-state index in [0.717, 1.165) is 5.46 Å². The molecular formula is C38H35BO2. The van der Waals surface area contributed by atoms with Crippen LogP contribution >= 0.6 is 0 Å². The van der Waals surface area contributed by atoms with E-state index in [1.54, 1.807) is 0 Å². The Morgan fingerprint density at radius 3 is 1.54 bits per heavy atom. The first-order valence-electron chi connectivity index (χ1n) is 14.5. The Balaban J connectivity index is 1.56. The number of benzene rings is 6. The molecule has 6 aromatic rings. The average Bonchev–Trinajstić information content (AvgIpc) is 3.18. The maximum Gasteiger partial charge on any atom is 0.494 e. The zero-order chi connectivity index (χ0) is 28.5. The topological polar surface area (TPSA) is 18.5 Å². The molecular weight excluding hydrogens is 499 g/mol. The van der Waals surface area contributed by atoms with Gasteiger partial charge in [-0.25, -0.2) is 0 Å². The Hall–Kier alpha value is -3.92. The quantitative estimate of drug-likeness (QED) is 0.166. The highest BCUT2D eigenvalue weighted by Crippen LogP contribution is 2.42. The first kappa shape index (κ1) is 26.0. The van der Waals surface area contributed by atoms with Crippen molar-refractivity contribution in [3.63, 3.8) is 0 Å². The second kappa shape index (κ2) is 9.31. The van der Waals surface area contributed by atoms with E-state index in [2.05, 4.69) is 145 Å². The molecule has 0 bridgehead atoms. The number of hydrogen-bond acceptors (Lipinski definition) is 2. The minimum Gasteiger partial charge on any atom is -0.399 e. The molecule has 0 aromatic heterocycles.